The molecular formula is C12H23N5O2. The van der Waals surface area contributed by atoms with Crippen molar-refractivity contribution in [3.05, 3.63) is 0 Å². The molecule has 1 unspecified atom stereocenters. The van der Waals surface area contributed by atoms with Gasteiger partial charge in [0.05, 0.1) is 6.61 Å². The van der Waals surface area contributed by atoms with Gasteiger partial charge in [-0.15, -0.1) is 0 Å². The molecule has 0 bridgehead atoms. The van der Waals surface area contributed by atoms with Crippen LogP contribution in [0, 0.1) is 5.92 Å². The minimum absolute atomic E-state index is 0.146. The van der Waals surface area contributed by atoms with Crippen molar-refractivity contribution in [3.63, 3.8) is 0 Å². The van der Waals surface area contributed by atoms with E-state index in [1.807, 2.05) is 13.8 Å². The van der Waals surface area contributed by atoms with E-state index in [4.69, 9.17) is 15.6 Å². The first-order chi connectivity index (χ1) is 9.15. The minimum atomic E-state index is 0.146. The molecule has 1 aromatic heterocycles. The number of aromatic nitrogens is 3. The molecule has 0 aliphatic carbocycles. The van der Waals surface area contributed by atoms with Crippen molar-refractivity contribution >= 4 is 11.9 Å². The number of ether oxygens (including phenoxy) is 1. The second-order valence-corrected chi connectivity index (χ2v) is 4.51. The zero-order valence-electron chi connectivity index (χ0n) is 11.6. The predicted octanol–water partition coefficient (Wildman–Crippen LogP) is 1.06. The quantitative estimate of drug-likeness (QED) is 0.575. The molecule has 0 radical (unpaired) electrons. The maximum absolute atomic E-state index is 8.92. The van der Waals surface area contributed by atoms with E-state index in [-0.39, 0.29) is 18.6 Å². The van der Waals surface area contributed by atoms with Crippen molar-refractivity contribution in [2.75, 3.05) is 30.8 Å². The number of nitrogens with zero attached hydrogens (tertiary/aromatic N) is 3. The lowest BCUT2D eigenvalue weighted by Gasteiger charge is -2.09. The number of hydrogen-bond acceptors (Lipinski definition) is 7. The Labute approximate surface area is 113 Å². The molecule has 0 aliphatic heterocycles. The van der Waals surface area contributed by atoms with Crippen LogP contribution in [-0.2, 0) is 0 Å². The van der Waals surface area contributed by atoms with Gasteiger partial charge in [0.15, 0.2) is 0 Å². The number of aliphatic hydroxyl groups is 1. The zero-order chi connectivity index (χ0) is 14.1. The van der Waals surface area contributed by atoms with Crippen LogP contribution in [0.15, 0.2) is 0 Å². The molecule has 1 atom stereocenters. The lowest BCUT2D eigenvalue weighted by molar-refractivity contribution is 0.229. The number of nitrogens with one attached hydrogen (secondary N) is 1. The Hall–Kier alpha value is -1.63. The van der Waals surface area contributed by atoms with E-state index in [0.29, 0.717) is 18.5 Å². The van der Waals surface area contributed by atoms with Crippen LogP contribution < -0.4 is 15.8 Å². The van der Waals surface area contributed by atoms with E-state index < -0.39 is 0 Å². The summed E-state index contributed by atoms with van der Waals surface area (Å²) in [7, 11) is 0. The number of nitrogens with two attached hydrogens (primary N) is 1. The largest absolute Gasteiger partial charge is 0.463 e. The Bertz CT molecular complexity index is 375. The second-order valence-electron chi connectivity index (χ2n) is 4.51. The Kier molecular flexibility index (Phi) is 6.88. The van der Waals surface area contributed by atoms with Gasteiger partial charge in [0.1, 0.15) is 0 Å². The highest BCUT2D eigenvalue weighted by Gasteiger charge is 2.05. The maximum atomic E-state index is 8.92. The molecule has 0 fully saturated rings. The van der Waals surface area contributed by atoms with Gasteiger partial charge in [0, 0.05) is 13.2 Å². The standard InChI is InChI=1S/C12H23N5O2/c1-3-7-19-12-16-10(13)15-11(17-12)14-6-4-5-9(2)8-18/h9,18H,3-8H2,1-2H3,(H3,13,14,15,16,17). The number of hydrogen-bond donors (Lipinski definition) is 3. The first kappa shape index (κ1) is 15.4. The number of nitrogen functional groups attached to an aromatic ring is 1. The Morgan fingerprint density at radius 2 is 2.16 bits per heavy atom. The van der Waals surface area contributed by atoms with Crippen molar-refractivity contribution < 1.29 is 9.84 Å². The predicted molar refractivity (Wildman–Crippen MR) is 74.0 cm³/mol. The highest BCUT2D eigenvalue weighted by Crippen LogP contribution is 2.10. The average Bonchev–Trinajstić information content (AvgIpc) is 2.40. The Morgan fingerprint density at radius 1 is 1.37 bits per heavy atom. The molecule has 0 spiro atoms. The van der Waals surface area contributed by atoms with Gasteiger partial charge in [-0.25, -0.2) is 0 Å². The molecule has 0 aromatic carbocycles. The summed E-state index contributed by atoms with van der Waals surface area (Å²) in [6.07, 6.45) is 2.76. The molecule has 1 heterocycles. The van der Waals surface area contributed by atoms with Crippen LogP contribution in [-0.4, -0.2) is 39.8 Å². The summed E-state index contributed by atoms with van der Waals surface area (Å²) in [6, 6.07) is 0.251. The zero-order valence-corrected chi connectivity index (χ0v) is 11.6. The number of rotatable bonds is 9. The highest BCUT2D eigenvalue weighted by atomic mass is 16.5. The molecule has 4 N–H and O–H groups in total. The molecule has 1 aromatic rings. The topological polar surface area (TPSA) is 106 Å². The molecule has 0 aliphatic rings. The van der Waals surface area contributed by atoms with Gasteiger partial charge in [-0.1, -0.05) is 13.8 Å². The van der Waals surface area contributed by atoms with Crippen molar-refractivity contribution in [1.29, 1.82) is 0 Å². The van der Waals surface area contributed by atoms with Gasteiger partial charge in [-0.05, 0) is 25.2 Å². The smallest absolute Gasteiger partial charge is 0.323 e. The molecular weight excluding hydrogens is 246 g/mol. The normalized spacial score (nSPS) is 12.2. The van der Waals surface area contributed by atoms with E-state index in [1.54, 1.807) is 0 Å². The van der Waals surface area contributed by atoms with E-state index in [0.717, 1.165) is 25.8 Å². The third-order valence-corrected chi connectivity index (χ3v) is 2.54. The van der Waals surface area contributed by atoms with Crippen LogP contribution in [0.25, 0.3) is 0 Å². The van der Waals surface area contributed by atoms with Gasteiger partial charge in [-0.3, -0.25) is 0 Å². The van der Waals surface area contributed by atoms with E-state index in [2.05, 4.69) is 20.3 Å². The molecule has 0 saturated carbocycles. The third-order valence-electron chi connectivity index (χ3n) is 2.54. The SMILES string of the molecule is CCCOc1nc(N)nc(NCCCC(C)CO)n1. The molecule has 7 heteroatoms. The van der Waals surface area contributed by atoms with Gasteiger partial charge in [-0.2, -0.15) is 15.0 Å². The molecule has 0 amide bonds. The summed E-state index contributed by atoms with van der Waals surface area (Å²) < 4.78 is 5.32. The minimum Gasteiger partial charge on any atom is -0.463 e. The number of anilines is 2. The maximum Gasteiger partial charge on any atom is 0.323 e. The molecule has 19 heavy (non-hydrogen) atoms. The lowest BCUT2D eigenvalue weighted by Crippen LogP contribution is -2.11. The first-order valence-corrected chi connectivity index (χ1v) is 6.64. The molecule has 0 saturated heterocycles. The summed E-state index contributed by atoms with van der Waals surface area (Å²) in [5, 5.41) is 12.0. The summed E-state index contributed by atoms with van der Waals surface area (Å²) in [6.45, 7) is 5.51. The van der Waals surface area contributed by atoms with Crippen molar-refractivity contribution in [3.8, 4) is 6.01 Å². The monoisotopic (exact) mass is 269 g/mol. The first-order valence-electron chi connectivity index (χ1n) is 6.64. The number of aliphatic hydroxyl groups excluding tert-OH is 1. The fourth-order valence-electron chi connectivity index (χ4n) is 1.45. The Morgan fingerprint density at radius 3 is 2.84 bits per heavy atom. The van der Waals surface area contributed by atoms with Crippen LogP contribution in [0.4, 0.5) is 11.9 Å². The fraction of sp³-hybridized carbons (Fsp3) is 0.750. The average molecular weight is 269 g/mol. The molecule has 7 nitrogen and oxygen atoms in total. The Balaban J connectivity index is 2.42. The van der Waals surface area contributed by atoms with Gasteiger partial charge in [0.2, 0.25) is 11.9 Å². The van der Waals surface area contributed by atoms with Crippen molar-refractivity contribution in [2.24, 2.45) is 5.92 Å². The van der Waals surface area contributed by atoms with E-state index >= 15 is 0 Å². The van der Waals surface area contributed by atoms with E-state index in [9.17, 15) is 0 Å². The van der Waals surface area contributed by atoms with Gasteiger partial charge < -0.3 is 20.9 Å². The van der Waals surface area contributed by atoms with Gasteiger partial charge >= 0.3 is 6.01 Å². The van der Waals surface area contributed by atoms with Crippen LogP contribution in [0.1, 0.15) is 33.1 Å². The lowest BCUT2D eigenvalue weighted by atomic mass is 10.1. The summed E-state index contributed by atoms with van der Waals surface area (Å²) in [5.41, 5.74) is 5.59. The molecule has 108 valence electrons. The van der Waals surface area contributed by atoms with Crippen LogP contribution in [0.5, 0.6) is 6.01 Å². The molecule has 1 rings (SSSR count). The fourth-order valence-corrected chi connectivity index (χ4v) is 1.45. The summed E-state index contributed by atoms with van der Waals surface area (Å²) >= 11 is 0. The third kappa shape index (κ3) is 6.19. The van der Waals surface area contributed by atoms with E-state index in [1.165, 1.54) is 0 Å². The van der Waals surface area contributed by atoms with Crippen LogP contribution in [0.2, 0.25) is 0 Å². The van der Waals surface area contributed by atoms with Crippen LogP contribution in [0.3, 0.4) is 0 Å². The van der Waals surface area contributed by atoms with Crippen molar-refractivity contribution in [1.82, 2.24) is 15.0 Å². The van der Waals surface area contributed by atoms with Crippen molar-refractivity contribution in [2.45, 2.75) is 33.1 Å². The van der Waals surface area contributed by atoms with Crippen LogP contribution >= 0.6 is 0 Å². The second kappa shape index (κ2) is 8.47. The summed E-state index contributed by atoms with van der Waals surface area (Å²) in [4.78, 5) is 12.0. The summed E-state index contributed by atoms with van der Waals surface area (Å²) in [5.74, 6) is 0.885. The van der Waals surface area contributed by atoms with Gasteiger partial charge in [0.25, 0.3) is 0 Å². The highest BCUT2D eigenvalue weighted by molar-refractivity contribution is 5.32.